The molecule has 6 unspecified atom stereocenters. The van der Waals surface area contributed by atoms with Gasteiger partial charge in [-0.25, -0.2) is 0 Å². The van der Waals surface area contributed by atoms with Gasteiger partial charge in [-0.15, -0.1) is 6.58 Å². The normalized spacial score (nSPS) is 39.6. The van der Waals surface area contributed by atoms with Crippen LogP contribution >= 0.6 is 0 Å². The van der Waals surface area contributed by atoms with E-state index in [2.05, 4.69) is 57.7 Å². The average molecular weight is 476 g/mol. The van der Waals surface area contributed by atoms with E-state index in [1.807, 2.05) is 5.57 Å². The summed E-state index contributed by atoms with van der Waals surface area (Å²) in [4.78, 5) is 0. The van der Waals surface area contributed by atoms with Crippen molar-refractivity contribution in [2.45, 2.75) is 90.4 Å². The standard InChI is InChI=1S/C32H45NO2/c1-5-24-11-13-28-26-12-10-23-16-32(34-19-30(2,3)20-35-32)15-14-25(23)29(26)27(17-31(24,28)4)22-8-6-21(18-33)7-9-22/h5-9,23-24,26-28H,1,10-20,33H2,2-4H3. The van der Waals surface area contributed by atoms with Gasteiger partial charge in [-0.3, -0.25) is 0 Å². The summed E-state index contributed by atoms with van der Waals surface area (Å²) in [6.07, 6.45) is 12.0. The quantitative estimate of drug-likeness (QED) is 0.473. The molecule has 6 atom stereocenters. The number of hydrogen-bond acceptors (Lipinski definition) is 3. The van der Waals surface area contributed by atoms with Crippen molar-refractivity contribution in [1.29, 1.82) is 0 Å². The summed E-state index contributed by atoms with van der Waals surface area (Å²) in [5.41, 5.74) is 12.7. The van der Waals surface area contributed by atoms with Gasteiger partial charge >= 0.3 is 0 Å². The summed E-state index contributed by atoms with van der Waals surface area (Å²) in [6.45, 7) is 13.6. The van der Waals surface area contributed by atoms with E-state index >= 15 is 0 Å². The average Bonchev–Trinajstić information content (AvgIpc) is 3.21. The summed E-state index contributed by atoms with van der Waals surface area (Å²) >= 11 is 0. The lowest BCUT2D eigenvalue weighted by Crippen LogP contribution is -2.51. The predicted octanol–water partition coefficient (Wildman–Crippen LogP) is 7.13. The van der Waals surface area contributed by atoms with Crippen molar-refractivity contribution in [2.75, 3.05) is 13.2 Å². The van der Waals surface area contributed by atoms with Gasteiger partial charge < -0.3 is 15.2 Å². The Hall–Kier alpha value is -1.42. The Bertz CT molecular complexity index is 997. The molecule has 0 amide bonds. The predicted molar refractivity (Wildman–Crippen MR) is 142 cm³/mol. The maximum atomic E-state index is 6.49. The second kappa shape index (κ2) is 8.57. The van der Waals surface area contributed by atoms with Gasteiger partial charge in [-0.2, -0.15) is 0 Å². The highest BCUT2D eigenvalue weighted by molar-refractivity contribution is 5.41. The number of nitrogens with two attached hydrogens (primary N) is 1. The molecule has 6 rings (SSSR count). The molecular formula is C32H45NO2. The van der Waals surface area contributed by atoms with Crippen LogP contribution in [0.1, 0.15) is 89.2 Å². The van der Waals surface area contributed by atoms with Crippen molar-refractivity contribution < 1.29 is 9.47 Å². The van der Waals surface area contributed by atoms with Gasteiger partial charge in [0.05, 0.1) is 13.2 Å². The molecule has 0 bridgehead atoms. The lowest BCUT2D eigenvalue weighted by Gasteiger charge is -2.55. The van der Waals surface area contributed by atoms with Crippen LogP contribution < -0.4 is 5.73 Å². The fourth-order valence-corrected chi connectivity index (χ4v) is 8.84. The van der Waals surface area contributed by atoms with E-state index in [0.29, 0.717) is 29.7 Å². The van der Waals surface area contributed by atoms with Gasteiger partial charge in [-0.1, -0.05) is 62.3 Å². The first kappa shape index (κ1) is 23.9. The number of benzene rings is 1. The zero-order chi connectivity index (χ0) is 24.4. The molecule has 2 N–H and O–H groups in total. The van der Waals surface area contributed by atoms with Crippen LogP contribution in [0.15, 0.2) is 48.1 Å². The molecule has 190 valence electrons. The van der Waals surface area contributed by atoms with Gasteiger partial charge in [0.2, 0.25) is 0 Å². The maximum Gasteiger partial charge on any atom is 0.169 e. The topological polar surface area (TPSA) is 44.5 Å². The number of fused-ring (bicyclic) bond motifs is 4. The molecule has 35 heavy (non-hydrogen) atoms. The van der Waals surface area contributed by atoms with Crippen LogP contribution in [0, 0.1) is 34.5 Å². The van der Waals surface area contributed by atoms with Crippen LogP contribution in [0.5, 0.6) is 0 Å². The van der Waals surface area contributed by atoms with E-state index in [4.69, 9.17) is 15.2 Å². The van der Waals surface area contributed by atoms with Gasteiger partial charge in [0.15, 0.2) is 5.79 Å². The van der Waals surface area contributed by atoms with Crippen molar-refractivity contribution in [3.63, 3.8) is 0 Å². The Labute approximate surface area is 212 Å². The number of hydrogen-bond donors (Lipinski definition) is 1. The Morgan fingerprint density at radius 1 is 1.00 bits per heavy atom. The summed E-state index contributed by atoms with van der Waals surface area (Å²) in [6, 6.07) is 9.27. The Morgan fingerprint density at radius 3 is 2.43 bits per heavy atom. The van der Waals surface area contributed by atoms with Crippen LogP contribution in [0.3, 0.4) is 0 Å². The Balaban J connectivity index is 1.38. The summed E-state index contributed by atoms with van der Waals surface area (Å²) < 4.78 is 13.0. The highest BCUT2D eigenvalue weighted by Gasteiger charge is 2.57. The van der Waals surface area contributed by atoms with Crippen LogP contribution in [0.25, 0.3) is 0 Å². The highest BCUT2D eigenvalue weighted by atomic mass is 16.7. The fourth-order valence-electron chi connectivity index (χ4n) is 8.84. The zero-order valence-corrected chi connectivity index (χ0v) is 22.2. The fraction of sp³-hybridized carbons (Fsp3) is 0.688. The van der Waals surface area contributed by atoms with E-state index in [1.165, 1.54) is 43.2 Å². The molecular weight excluding hydrogens is 430 g/mol. The molecule has 1 aromatic carbocycles. The molecule has 1 saturated heterocycles. The van der Waals surface area contributed by atoms with Gasteiger partial charge in [0, 0.05) is 30.7 Å². The number of allylic oxidation sites excluding steroid dienone is 3. The molecule has 5 aliphatic rings. The van der Waals surface area contributed by atoms with Crippen LogP contribution in [0.4, 0.5) is 0 Å². The lowest BCUT2D eigenvalue weighted by molar-refractivity contribution is -0.312. The van der Waals surface area contributed by atoms with Crippen molar-refractivity contribution in [2.24, 2.45) is 40.2 Å². The molecule has 1 spiro atoms. The van der Waals surface area contributed by atoms with Gasteiger partial charge in [0.1, 0.15) is 0 Å². The molecule has 0 aromatic heterocycles. The van der Waals surface area contributed by atoms with E-state index in [0.717, 1.165) is 44.3 Å². The van der Waals surface area contributed by atoms with Crippen LogP contribution in [-0.2, 0) is 16.0 Å². The van der Waals surface area contributed by atoms with Crippen molar-refractivity contribution >= 4 is 0 Å². The minimum Gasteiger partial charge on any atom is -0.349 e. The Kier molecular flexibility index (Phi) is 5.86. The molecule has 4 aliphatic carbocycles. The minimum absolute atomic E-state index is 0.125. The summed E-state index contributed by atoms with van der Waals surface area (Å²) in [5.74, 6) is 2.96. The van der Waals surface area contributed by atoms with Crippen molar-refractivity contribution in [3.8, 4) is 0 Å². The van der Waals surface area contributed by atoms with E-state index < -0.39 is 0 Å². The molecule has 3 saturated carbocycles. The molecule has 1 aromatic rings. The van der Waals surface area contributed by atoms with E-state index in [1.54, 1.807) is 5.57 Å². The lowest BCUT2D eigenvalue weighted by atomic mass is 9.51. The molecule has 1 aliphatic heterocycles. The van der Waals surface area contributed by atoms with Crippen molar-refractivity contribution in [1.82, 2.24) is 0 Å². The third-order valence-electron chi connectivity index (χ3n) is 10.8. The van der Waals surface area contributed by atoms with Crippen LogP contribution in [-0.4, -0.2) is 19.0 Å². The van der Waals surface area contributed by atoms with Crippen molar-refractivity contribution in [3.05, 3.63) is 59.2 Å². The third kappa shape index (κ3) is 3.88. The summed E-state index contributed by atoms with van der Waals surface area (Å²) in [7, 11) is 0. The highest BCUT2D eigenvalue weighted by Crippen LogP contribution is 2.66. The number of rotatable bonds is 3. The molecule has 3 heteroatoms. The second-order valence-corrected chi connectivity index (χ2v) is 13.5. The Morgan fingerprint density at radius 2 is 1.74 bits per heavy atom. The number of ether oxygens (including phenoxy) is 2. The zero-order valence-electron chi connectivity index (χ0n) is 22.2. The third-order valence-corrected chi connectivity index (χ3v) is 10.8. The summed E-state index contributed by atoms with van der Waals surface area (Å²) in [5, 5.41) is 0. The first-order chi connectivity index (χ1) is 16.8. The smallest absolute Gasteiger partial charge is 0.169 e. The van der Waals surface area contributed by atoms with E-state index in [9.17, 15) is 0 Å². The van der Waals surface area contributed by atoms with E-state index in [-0.39, 0.29) is 11.2 Å². The monoisotopic (exact) mass is 475 g/mol. The molecule has 0 radical (unpaired) electrons. The largest absolute Gasteiger partial charge is 0.349 e. The first-order valence-corrected chi connectivity index (χ1v) is 14.2. The molecule has 3 nitrogen and oxygen atoms in total. The minimum atomic E-state index is -0.347. The van der Waals surface area contributed by atoms with Gasteiger partial charge in [-0.05, 0) is 78.7 Å². The second-order valence-electron chi connectivity index (χ2n) is 13.5. The first-order valence-electron chi connectivity index (χ1n) is 14.2. The molecule has 4 fully saturated rings. The van der Waals surface area contributed by atoms with Gasteiger partial charge in [0.25, 0.3) is 0 Å². The molecule has 1 heterocycles. The maximum absolute atomic E-state index is 6.49. The van der Waals surface area contributed by atoms with Crippen LogP contribution in [0.2, 0.25) is 0 Å². The SMILES string of the molecule is C=CC1CCC2C3CCC4CC5(CCC4=C3C(c3ccc(CN)cc3)CC12C)OCC(C)(C)CO5.